The van der Waals surface area contributed by atoms with Crippen molar-refractivity contribution in [1.29, 1.82) is 0 Å². The number of hydrogen-bond acceptors (Lipinski definition) is 4. The number of rotatable bonds is 13. The van der Waals surface area contributed by atoms with Gasteiger partial charge < -0.3 is 14.2 Å². The van der Waals surface area contributed by atoms with E-state index in [4.69, 9.17) is 14.2 Å². The minimum absolute atomic E-state index is 0.268. The molecule has 1 aliphatic heterocycles. The summed E-state index contributed by atoms with van der Waals surface area (Å²) in [6.07, 6.45) is 10.9. The van der Waals surface area contributed by atoms with Crippen molar-refractivity contribution in [3.8, 4) is 22.8 Å². The van der Waals surface area contributed by atoms with Crippen LogP contribution in [-0.2, 0) is 4.74 Å². The summed E-state index contributed by atoms with van der Waals surface area (Å²) in [5.74, 6) is 1.58. The van der Waals surface area contributed by atoms with Gasteiger partial charge in [0, 0.05) is 17.8 Å². The zero-order valence-corrected chi connectivity index (χ0v) is 17.2. The first-order chi connectivity index (χ1) is 13.8. The van der Waals surface area contributed by atoms with Gasteiger partial charge in [-0.15, -0.1) is 0 Å². The molecule has 2 atom stereocenters. The summed E-state index contributed by atoms with van der Waals surface area (Å²) in [7, 11) is 0. The van der Waals surface area contributed by atoms with Crippen molar-refractivity contribution in [3.63, 3.8) is 0 Å². The highest BCUT2D eigenvalue weighted by atomic mass is 16.6. The average Bonchev–Trinajstić information content (AvgIpc) is 3.50. The van der Waals surface area contributed by atoms with Crippen LogP contribution >= 0.6 is 0 Å². The van der Waals surface area contributed by atoms with Gasteiger partial charge in [-0.1, -0.05) is 58.1 Å². The van der Waals surface area contributed by atoms with Crippen LogP contribution < -0.4 is 9.47 Å². The molecule has 0 N–H and O–H groups in total. The van der Waals surface area contributed by atoms with E-state index in [0.29, 0.717) is 18.6 Å². The normalized spacial score (nSPS) is 18.1. The number of ether oxygens (including phenoxy) is 3. The zero-order valence-electron chi connectivity index (χ0n) is 17.2. The van der Waals surface area contributed by atoms with Gasteiger partial charge in [0.25, 0.3) is 0 Å². The minimum Gasteiger partial charge on any atom is -0.491 e. The van der Waals surface area contributed by atoms with Crippen LogP contribution in [0.1, 0.15) is 58.8 Å². The Morgan fingerprint density at radius 1 is 0.821 bits per heavy atom. The van der Waals surface area contributed by atoms with Gasteiger partial charge in [0.2, 0.25) is 5.88 Å². The van der Waals surface area contributed by atoms with Crippen molar-refractivity contribution >= 4 is 0 Å². The number of hydrogen-bond donors (Lipinski definition) is 0. The molecule has 1 aromatic heterocycles. The van der Waals surface area contributed by atoms with E-state index in [-0.39, 0.29) is 6.10 Å². The lowest BCUT2D eigenvalue weighted by molar-refractivity contribution is 0.259. The lowest BCUT2D eigenvalue weighted by atomic mass is 10.1. The number of unbranched alkanes of at least 4 members (excludes halogenated alkanes) is 4. The lowest BCUT2D eigenvalue weighted by Gasteiger charge is -2.08. The fourth-order valence-corrected chi connectivity index (χ4v) is 3.25. The summed E-state index contributed by atoms with van der Waals surface area (Å²) in [6, 6.07) is 12.2. The van der Waals surface area contributed by atoms with Crippen molar-refractivity contribution in [2.45, 2.75) is 71.0 Å². The molecule has 28 heavy (non-hydrogen) atoms. The Morgan fingerprint density at radius 3 is 2.32 bits per heavy atom. The van der Waals surface area contributed by atoms with E-state index in [0.717, 1.165) is 36.3 Å². The van der Waals surface area contributed by atoms with Gasteiger partial charge in [-0.2, -0.15) is 0 Å². The molecule has 0 spiro atoms. The number of benzene rings is 1. The monoisotopic (exact) mass is 383 g/mol. The van der Waals surface area contributed by atoms with Crippen LogP contribution in [0, 0.1) is 0 Å². The second kappa shape index (κ2) is 11.1. The number of pyridine rings is 1. The molecular formula is C24H33NO3. The zero-order chi connectivity index (χ0) is 19.6. The number of epoxide rings is 1. The van der Waals surface area contributed by atoms with Crippen LogP contribution in [0.4, 0.5) is 0 Å². The predicted molar refractivity (Wildman–Crippen MR) is 113 cm³/mol. The SMILES string of the molecule is CCCCCCOc1ccc(-c2ccc(OC[C@@H]3O[C@H]3CCCC)cc2)cn1. The first-order valence-corrected chi connectivity index (χ1v) is 10.8. The molecule has 2 heterocycles. The summed E-state index contributed by atoms with van der Waals surface area (Å²) in [5, 5.41) is 0. The molecular weight excluding hydrogens is 350 g/mol. The van der Waals surface area contributed by atoms with Crippen molar-refractivity contribution in [1.82, 2.24) is 4.98 Å². The molecule has 1 saturated heterocycles. The Morgan fingerprint density at radius 2 is 1.61 bits per heavy atom. The maximum Gasteiger partial charge on any atom is 0.213 e. The van der Waals surface area contributed by atoms with E-state index in [1.54, 1.807) is 0 Å². The number of nitrogens with zero attached hydrogens (tertiary/aromatic N) is 1. The first kappa shape index (κ1) is 20.7. The van der Waals surface area contributed by atoms with E-state index >= 15 is 0 Å². The molecule has 2 aromatic rings. The summed E-state index contributed by atoms with van der Waals surface area (Å²) < 4.78 is 17.2. The van der Waals surface area contributed by atoms with Gasteiger partial charge in [-0.05, 0) is 36.6 Å². The topological polar surface area (TPSA) is 43.9 Å². The third-order valence-electron chi connectivity index (χ3n) is 5.12. The van der Waals surface area contributed by atoms with E-state index < -0.39 is 0 Å². The molecule has 0 aliphatic carbocycles. The van der Waals surface area contributed by atoms with Gasteiger partial charge in [-0.3, -0.25) is 0 Å². The molecule has 1 aliphatic rings. The molecule has 0 bridgehead atoms. The third kappa shape index (κ3) is 6.52. The predicted octanol–water partition coefficient (Wildman–Crippen LogP) is 6.04. The minimum atomic E-state index is 0.268. The lowest BCUT2D eigenvalue weighted by Crippen LogP contribution is -2.07. The summed E-state index contributed by atoms with van der Waals surface area (Å²) in [4.78, 5) is 4.43. The van der Waals surface area contributed by atoms with Crippen LogP contribution in [0.15, 0.2) is 42.6 Å². The van der Waals surface area contributed by atoms with Crippen LogP contribution in [0.3, 0.4) is 0 Å². The summed E-state index contributed by atoms with van der Waals surface area (Å²) in [5.41, 5.74) is 2.20. The Labute approximate surface area is 169 Å². The molecule has 0 unspecified atom stereocenters. The molecule has 4 heteroatoms. The average molecular weight is 384 g/mol. The van der Waals surface area contributed by atoms with Gasteiger partial charge >= 0.3 is 0 Å². The molecule has 0 radical (unpaired) electrons. The van der Waals surface area contributed by atoms with Gasteiger partial charge in [0.15, 0.2) is 0 Å². The highest BCUT2D eigenvalue weighted by Gasteiger charge is 2.38. The molecule has 1 fully saturated rings. The Bertz CT molecular complexity index is 684. The van der Waals surface area contributed by atoms with Gasteiger partial charge in [0.05, 0.1) is 12.7 Å². The van der Waals surface area contributed by atoms with Crippen LogP contribution in [0.25, 0.3) is 11.1 Å². The van der Waals surface area contributed by atoms with Gasteiger partial charge in [-0.25, -0.2) is 4.98 Å². The Balaban J connectivity index is 1.42. The quantitative estimate of drug-likeness (QED) is 0.312. The highest BCUT2D eigenvalue weighted by Crippen LogP contribution is 2.29. The maximum atomic E-state index is 5.86. The molecule has 0 amide bonds. The number of aromatic nitrogens is 1. The fraction of sp³-hybridized carbons (Fsp3) is 0.542. The smallest absolute Gasteiger partial charge is 0.213 e. The third-order valence-corrected chi connectivity index (χ3v) is 5.12. The van der Waals surface area contributed by atoms with Crippen molar-refractivity contribution in [3.05, 3.63) is 42.6 Å². The van der Waals surface area contributed by atoms with E-state index in [2.05, 4.69) is 37.0 Å². The Hall–Kier alpha value is -2.07. The largest absolute Gasteiger partial charge is 0.491 e. The first-order valence-electron chi connectivity index (χ1n) is 10.8. The Kier molecular flexibility index (Phi) is 8.16. The van der Waals surface area contributed by atoms with E-state index in [1.807, 2.05) is 24.4 Å². The van der Waals surface area contributed by atoms with Crippen molar-refractivity contribution in [2.75, 3.05) is 13.2 Å². The van der Waals surface area contributed by atoms with Crippen LogP contribution in [0.5, 0.6) is 11.6 Å². The summed E-state index contributed by atoms with van der Waals surface area (Å²) >= 11 is 0. The van der Waals surface area contributed by atoms with Gasteiger partial charge in [0.1, 0.15) is 18.5 Å². The molecule has 1 aromatic carbocycles. The summed E-state index contributed by atoms with van der Waals surface area (Å²) in [6.45, 7) is 5.80. The molecule has 3 rings (SSSR count). The molecule has 152 valence electrons. The second-order valence-electron chi connectivity index (χ2n) is 7.48. The maximum absolute atomic E-state index is 5.86. The van der Waals surface area contributed by atoms with E-state index in [1.165, 1.54) is 32.1 Å². The van der Waals surface area contributed by atoms with Crippen LogP contribution in [0.2, 0.25) is 0 Å². The highest BCUT2D eigenvalue weighted by molar-refractivity contribution is 5.63. The molecule has 4 nitrogen and oxygen atoms in total. The fourth-order valence-electron chi connectivity index (χ4n) is 3.25. The van der Waals surface area contributed by atoms with E-state index in [9.17, 15) is 0 Å². The van der Waals surface area contributed by atoms with Crippen LogP contribution in [-0.4, -0.2) is 30.4 Å². The van der Waals surface area contributed by atoms with Crippen molar-refractivity contribution < 1.29 is 14.2 Å². The van der Waals surface area contributed by atoms with Crippen molar-refractivity contribution in [2.24, 2.45) is 0 Å². The molecule has 0 saturated carbocycles. The standard InChI is InChI=1S/C24H33NO3/c1-3-5-7-8-16-26-24-15-12-20(17-25-24)19-10-13-21(14-11-19)27-18-23-22(28-23)9-6-4-2/h10-15,17,22-23H,3-9,16,18H2,1-2H3/t22-,23-/m0/s1. The second-order valence-corrected chi connectivity index (χ2v) is 7.48.